The monoisotopic (exact) mass is 940 g/mol. The van der Waals surface area contributed by atoms with E-state index in [2.05, 4.69) is 65.4 Å². The van der Waals surface area contributed by atoms with Crippen LogP contribution in [0.3, 0.4) is 0 Å². The van der Waals surface area contributed by atoms with E-state index in [0.29, 0.717) is 25.7 Å². The standard InChI is InChI=1S/C48H78O14P2/c1-3-5-7-8-9-10-11-12-13-14-15-16-17-18-21-25-28-31-35-39-48(52)62-46(43-61-64(56,57)60-41-45(50)40-59-63(53,54)55)42-58-47(51)38-34-30-27-24-22-19-20-23-26-29-33-37-44(49)36-32-6-4-2/h9-10,12-13,15-16,18-21,24,26-29,31,33,37,44-46,49-50H,3-8,11,14,17,22-23,25,30,32,34-36,38-43H2,1-2H3,(H,56,57)(H2,53,54,55)/b10-9-,13-12-,16-15-,20-19-,21-18-,27-24-,29-26-,31-28-,37-33+/t44-,45+,46-/m1/s1. The summed E-state index contributed by atoms with van der Waals surface area (Å²) in [7, 11) is -9.75. The Balaban J connectivity index is 4.77. The first-order chi connectivity index (χ1) is 30.8. The second-order valence-electron chi connectivity index (χ2n) is 14.8. The maximum absolute atomic E-state index is 12.6. The van der Waals surface area contributed by atoms with Gasteiger partial charge in [-0.15, -0.1) is 0 Å². The van der Waals surface area contributed by atoms with Crippen LogP contribution < -0.4 is 0 Å². The fraction of sp³-hybridized carbons (Fsp3) is 0.583. The number of phosphoric ester groups is 2. The number of rotatable bonds is 41. The molecule has 0 aromatic rings. The molecule has 64 heavy (non-hydrogen) atoms. The molecule has 4 atom stereocenters. The minimum Gasteiger partial charge on any atom is -0.462 e. The third-order valence-electron chi connectivity index (χ3n) is 8.74. The van der Waals surface area contributed by atoms with Crippen molar-refractivity contribution < 1.29 is 66.7 Å². The minimum atomic E-state index is -4.89. The summed E-state index contributed by atoms with van der Waals surface area (Å²) in [6, 6.07) is 0. The Labute approximate surface area is 383 Å². The zero-order valence-corrected chi connectivity index (χ0v) is 40.0. The third-order valence-corrected chi connectivity index (χ3v) is 10.2. The molecule has 0 saturated heterocycles. The number of hydrogen-bond donors (Lipinski definition) is 5. The van der Waals surface area contributed by atoms with Gasteiger partial charge in [0.15, 0.2) is 6.10 Å². The van der Waals surface area contributed by atoms with Crippen LogP contribution in [0.15, 0.2) is 109 Å². The Kier molecular flexibility index (Phi) is 40.2. The lowest BCUT2D eigenvalue weighted by Crippen LogP contribution is -2.29. The van der Waals surface area contributed by atoms with Gasteiger partial charge in [0, 0.05) is 12.8 Å². The number of ether oxygens (including phenoxy) is 2. The Hall–Kier alpha value is -3.26. The van der Waals surface area contributed by atoms with Gasteiger partial charge in [-0.1, -0.05) is 155 Å². The van der Waals surface area contributed by atoms with Gasteiger partial charge in [0.05, 0.1) is 25.9 Å². The molecule has 0 fully saturated rings. The van der Waals surface area contributed by atoms with E-state index in [4.69, 9.17) is 23.8 Å². The van der Waals surface area contributed by atoms with Gasteiger partial charge >= 0.3 is 27.6 Å². The molecule has 0 bridgehead atoms. The maximum atomic E-state index is 12.6. The number of aliphatic hydroxyl groups excluding tert-OH is 2. The highest BCUT2D eigenvalue weighted by Gasteiger charge is 2.28. The molecular weight excluding hydrogens is 862 g/mol. The predicted octanol–water partition coefficient (Wildman–Crippen LogP) is 10.9. The highest BCUT2D eigenvalue weighted by atomic mass is 31.2. The van der Waals surface area contributed by atoms with E-state index in [0.717, 1.165) is 64.2 Å². The first-order valence-corrected chi connectivity index (χ1v) is 25.7. The smallest absolute Gasteiger partial charge is 0.462 e. The van der Waals surface area contributed by atoms with Gasteiger partial charge in [-0.3, -0.25) is 23.2 Å². The number of phosphoric acid groups is 2. The molecule has 0 aliphatic carbocycles. The summed E-state index contributed by atoms with van der Waals surface area (Å²) in [4.78, 5) is 52.7. The zero-order valence-electron chi connectivity index (χ0n) is 38.2. The van der Waals surface area contributed by atoms with Crippen LogP contribution in [0, 0.1) is 0 Å². The highest BCUT2D eigenvalue weighted by Crippen LogP contribution is 2.43. The first kappa shape index (κ1) is 60.7. The van der Waals surface area contributed by atoms with E-state index in [1.807, 2.05) is 60.8 Å². The lowest BCUT2D eigenvalue weighted by Gasteiger charge is -2.20. The molecule has 0 aliphatic rings. The molecule has 0 aromatic heterocycles. The normalized spacial score (nSPS) is 15.4. The Morgan fingerprint density at radius 1 is 0.516 bits per heavy atom. The van der Waals surface area contributed by atoms with Crippen molar-refractivity contribution >= 4 is 27.6 Å². The quantitative estimate of drug-likeness (QED) is 0.0127. The van der Waals surface area contributed by atoms with E-state index in [9.17, 15) is 33.8 Å². The molecule has 1 unspecified atom stereocenters. The van der Waals surface area contributed by atoms with Crippen LogP contribution >= 0.6 is 15.6 Å². The topological polar surface area (TPSA) is 216 Å². The third kappa shape index (κ3) is 45.3. The van der Waals surface area contributed by atoms with E-state index in [1.165, 1.54) is 19.3 Å². The van der Waals surface area contributed by atoms with Crippen LogP contribution in [-0.4, -0.2) is 81.6 Å². The van der Waals surface area contributed by atoms with Crippen molar-refractivity contribution in [2.24, 2.45) is 0 Å². The minimum absolute atomic E-state index is 0.0194. The van der Waals surface area contributed by atoms with Gasteiger partial charge < -0.3 is 34.4 Å². The average Bonchev–Trinajstić information content (AvgIpc) is 3.25. The number of esters is 2. The molecule has 16 heteroatoms. The zero-order chi connectivity index (χ0) is 47.4. The van der Waals surface area contributed by atoms with Crippen LogP contribution in [0.4, 0.5) is 0 Å². The number of allylic oxidation sites excluding steroid dienone is 17. The van der Waals surface area contributed by atoms with Crippen molar-refractivity contribution in [2.75, 3.05) is 26.4 Å². The van der Waals surface area contributed by atoms with Crippen LogP contribution in [-0.2, 0) is 41.8 Å². The van der Waals surface area contributed by atoms with Gasteiger partial charge in [-0.2, -0.15) is 0 Å². The maximum Gasteiger partial charge on any atom is 0.472 e. The number of carbonyl (C=O) groups excluding carboxylic acids is 2. The lowest BCUT2D eigenvalue weighted by atomic mass is 10.1. The number of unbranched alkanes of at least 4 members (excludes halogenated alkanes) is 6. The predicted molar refractivity (Wildman–Crippen MR) is 254 cm³/mol. The fourth-order valence-corrected chi connectivity index (χ4v) is 6.41. The van der Waals surface area contributed by atoms with Crippen molar-refractivity contribution in [3.63, 3.8) is 0 Å². The Bertz CT molecular complexity index is 1560. The summed E-state index contributed by atoms with van der Waals surface area (Å²) in [5.41, 5.74) is 0. The summed E-state index contributed by atoms with van der Waals surface area (Å²) < 4.78 is 47.6. The summed E-state index contributed by atoms with van der Waals surface area (Å²) in [6.45, 7) is 1.43. The summed E-state index contributed by atoms with van der Waals surface area (Å²) in [5.74, 6) is -1.23. The van der Waals surface area contributed by atoms with Crippen molar-refractivity contribution in [1.82, 2.24) is 0 Å². The molecule has 0 rings (SSSR count). The highest BCUT2D eigenvalue weighted by molar-refractivity contribution is 7.47. The van der Waals surface area contributed by atoms with E-state index in [1.54, 1.807) is 6.08 Å². The van der Waals surface area contributed by atoms with Gasteiger partial charge in [-0.25, -0.2) is 9.13 Å². The van der Waals surface area contributed by atoms with E-state index >= 15 is 0 Å². The molecule has 0 spiro atoms. The first-order valence-electron chi connectivity index (χ1n) is 22.7. The van der Waals surface area contributed by atoms with E-state index in [-0.39, 0.29) is 12.8 Å². The molecule has 0 amide bonds. The molecule has 364 valence electrons. The molecule has 0 aliphatic heterocycles. The van der Waals surface area contributed by atoms with Crippen LogP contribution in [0.2, 0.25) is 0 Å². The summed E-state index contributed by atoms with van der Waals surface area (Å²) >= 11 is 0. The summed E-state index contributed by atoms with van der Waals surface area (Å²) in [6.07, 6.45) is 48.5. The molecule has 0 aromatic carbocycles. The largest absolute Gasteiger partial charge is 0.472 e. The fourth-order valence-electron chi connectivity index (χ4n) is 5.26. The second-order valence-corrected chi connectivity index (χ2v) is 17.5. The number of carbonyl (C=O) groups is 2. The number of hydrogen-bond acceptors (Lipinski definition) is 11. The van der Waals surface area contributed by atoms with E-state index < -0.39 is 72.3 Å². The van der Waals surface area contributed by atoms with Gasteiger partial charge in [0.25, 0.3) is 0 Å². The van der Waals surface area contributed by atoms with Crippen molar-refractivity contribution in [1.29, 1.82) is 0 Å². The molecule has 5 N–H and O–H groups in total. The van der Waals surface area contributed by atoms with Crippen LogP contribution in [0.1, 0.15) is 136 Å². The second kappa shape index (κ2) is 42.4. The Morgan fingerprint density at radius 3 is 1.56 bits per heavy atom. The van der Waals surface area contributed by atoms with Crippen molar-refractivity contribution in [2.45, 2.75) is 154 Å². The average molecular weight is 941 g/mol. The molecule has 0 saturated carbocycles. The van der Waals surface area contributed by atoms with Crippen LogP contribution in [0.25, 0.3) is 0 Å². The van der Waals surface area contributed by atoms with Crippen molar-refractivity contribution in [3.05, 3.63) is 109 Å². The SMILES string of the molecule is CCCCC/C=C\C/C=C\C/C=C\C/C=C\C/C=C\CCC(=O)O[C@H](COC(=O)CCC/C=C\C/C=C\C/C=C\C=C\[C@H](O)CCCCC)COP(=O)(O)OC[C@@H](O)COP(=O)(O)O. The van der Waals surface area contributed by atoms with Gasteiger partial charge in [-0.05, 0) is 77.0 Å². The molecular formula is C48H78O14P2. The Morgan fingerprint density at radius 2 is 1.00 bits per heavy atom. The molecule has 0 heterocycles. The van der Waals surface area contributed by atoms with Crippen LogP contribution in [0.5, 0.6) is 0 Å². The molecule has 0 radical (unpaired) electrons. The summed E-state index contributed by atoms with van der Waals surface area (Å²) in [5, 5.41) is 19.7. The van der Waals surface area contributed by atoms with Gasteiger partial charge in [0.1, 0.15) is 12.7 Å². The molecule has 14 nitrogen and oxygen atoms in total. The number of aliphatic hydroxyl groups is 2. The lowest BCUT2D eigenvalue weighted by molar-refractivity contribution is -0.161. The van der Waals surface area contributed by atoms with Crippen molar-refractivity contribution in [3.8, 4) is 0 Å². The van der Waals surface area contributed by atoms with Gasteiger partial charge in [0.2, 0.25) is 0 Å².